The molecule has 0 aliphatic heterocycles. The highest BCUT2D eigenvalue weighted by Gasteiger charge is 2.20. The Balaban J connectivity index is 2.58. The van der Waals surface area contributed by atoms with Gasteiger partial charge in [-0.3, -0.25) is 0 Å². The van der Waals surface area contributed by atoms with Crippen molar-refractivity contribution in [3.05, 3.63) is 23.7 Å². The molecule has 0 aliphatic carbocycles. The minimum absolute atomic E-state index is 0.334. The summed E-state index contributed by atoms with van der Waals surface area (Å²) in [5, 5.41) is 3.35. The van der Waals surface area contributed by atoms with Crippen molar-refractivity contribution in [1.82, 2.24) is 5.32 Å². The van der Waals surface area contributed by atoms with Gasteiger partial charge in [0.25, 0.3) is 0 Å². The van der Waals surface area contributed by atoms with E-state index >= 15 is 0 Å². The molecule has 0 radical (unpaired) electrons. The molecule has 0 aromatic carbocycles. The Morgan fingerprint density at radius 3 is 2.35 bits per heavy atom. The summed E-state index contributed by atoms with van der Waals surface area (Å²) in [5.74, 6) is 2.74. The van der Waals surface area contributed by atoms with Gasteiger partial charge in [0.15, 0.2) is 0 Å². The van der Waals surface area contributed by atoms with Gasteiger partial charge in [-0.25, -0.2) is 0 Å². The average Bonchev–Trinajstić information content (AvgIpc) is 2.58. The summed E-state index contributed by atoms with van der Waals surface area (Å²) in [6, 6.07) is 4.45. The van der Waals surface area contributed by atoms with Gasteiger partial charge in [0.1, 0.15) is 11.5 Å². The SMILES string of the molecule is CNC(CC(C)CC(C)(C)C)c1ccc(C)o1. The van der Waals surface area contributed by atoms with Crippen LogP contribution in [-0.4, -0.2) is 7.05 Å². The van der Waals surface area contributed by atoms with Crippen molar-refractivity contribution in [2.75, 3.05) is 7.05 Å². The van der Waals surface area contributed by atoms with Crippen LogP contribution in [0, 0.1) is 18.3 Å². The zero-order valence-corrected chi connectivity index (χ0v) is 12.1. The Bertz CT molecular complexity index is 335. The lowest BCUT2D eigenvalue weighted by molar-refractivity contribution is 0.267. The summed E-state index contributed by atoms with van der Waals surface area (Å²) in [5.41, 5.74) is 0.400. The summed E-state index contributed by atoms with van der Waals surface area (Å²) in [6.45, 7) is 11.2. The van der Waals surface area contributed by atoms with E-state index in [9.17, 15) is 0 Å². The van der Waals surface area contributed by atoms with Crippen molar-refractivity contribution in [2.45, 2.75) is 53.5 Å². The normalized spacial score (nSPS) is 15.9. The molecule has 2 nitrogen and oxygen atoms in total. The second-order valence-corrected chi connectivity index (χ2v) is 6.40. The Hall–Kier alpha value is -0.760. The standard InChI is InChI=1S/C15H27NO/c1-11(10-15(3,4)5)9-13(16-6)14-8-7-12(2)17-14/h7-8,11,13,16H,9-10H2,1-6H3. The van der Waals surface area contributed by atoms with E-state index in [0.717, 1.165) is 17.9 Å². The lowest BCUT2D eigenvalue weighted by atomic mass is 9.82. The van der Waals surface area contributed by atoms with Crippen LogP contribution in [0.2, 0.25) is 0 Å². The number of nitrogens with one attached hydrogen (secondary N) is 1. The molecular weight excluding hydrogens is 210 g/mol. The van der Waals surface area contributed by atoms with Crippen LogP contribution in [0.5, 0.6) is 0 Å². The molecule has 1 rings (SSSR count). The Morgan fingerprint density at radius 2 is 1.94 bits per heavy atom. The van der Waals surface area contributed by atoms with Crippen LogP contribution in [0.3, 0.4) is 0 Å². The summed E-state index contributed by atoms with van der Waals surface area (Å²) in [6.07, 6.45) is 2.37. The zero-order chi connectivity index (χ0) is 13.1. The fraction of sp³-hybridized carbons (Fsp3) is 0.733. The predicted molar refractivity (Wildman–Crippen MR) is 73.1 cm³/mol. The highest BCUT2D eigenvalue weighted by atomic mass is 16.3. The molecule has 2 atom stereocenters. The average molecular weight is 237 g/mol. The summed E-state index contributed by atoms with van der Waals surface area (Å²) >= 11 is 0. The Morgan fingerprint density at radius 1 is 1.29 bits per heavy atom. The molecule has 0 saturated heterocycles. The van der Waals surface area contributed by atoms with Crippen LogP contribution in [0.15, 0.2) is 16.5 Å². The van der Waals surface area contributed by atoms with Gasteiger partial charge in [-0.1, -0.05) is 27.7 Å². The first-order valence-corrected chi connectivity index (χ1v) is 6.55. The van der Waals surface area contributed by atoms with E-state index in [1.54, 1.807) is 0 Å². The van der Waals surface area contributed by atoms with Crippen LogP contribution in [-0.2, 0) is 0 Å². The minimum Gasteiger partial charge on any atom is -0.465 e. The molecule has 1 aromatic heterocycles. The smallest absolute Gasteiger partial charge is 0.121 e. The maximum absolute atomic E-state index is 5.71. The van der Waals surface area contributed by atoms with Crippen molar-refractivity contribution in [2.24, 2.45) is 11.3 Å². The molecule has 0 aliphatic rings. The van der Waals surface area contributed by atoms with Crippen molar-refractivity contribution in [1.29, 1.82) is 0 Å². The van der Waals surface area contributed by atoms with Gasteiger partial charge in [0.05, 0.1) is 6.04 Å². The van der Waals surface area contributed by atoms with Gasteiger partial charge in [0, 0.05) is 0 Å². The fourth-order valence-electron chi connectivity index (χ4n) is 2.55. The van der Waals surface area contributed by atoms with Crippen LogP contribution in [0.4, 0.5) is 0 Å². The van der Waals surface area contributed by atoms with E-state index in [1.807, 2.05) is 20.0 Å². The zero-order valence-electron chi connectivity index (χ0n) is 12.1. The van der Waals surface area contributed by atoms with Crippen LogP contribution < -0.4 is 5.32 Å². The molecule has 1 N–H and O–H groups in total. The molecular formula is C15H27NO. The van der Waals surface area contributed by atoms with E-state index in [-0.39, 0.29) is 0 Å². The van der Waals surface area contributed by atoms with Crippen LogP contribution in [0.25, 0.3) is 0 Å². The molecule has 0 amide bonds. The van der Waals surface area contributed by atoms with E-state index in [1.165, 1.54) is 6.42 Å². The first-order chi connectivity index (χ1) is 7.81. The summed E-state index contributed by atoms with van der Waals surface area (Å²) in [7, 11) is 2.01. The van der Waals surface area contributed by atoms with Crippen molar-refractivity contribution < 1.29 is 4.42 Å². The van der Waals surface area contributed by atoms with Gasteiger partial charge in [-0.15, -0.1) is 0 Å². The number of aryl methyl sites for hydroxylation is 1. The topological polar surface area (TPSA) is 25.2 Å². The molecule has 2 unspecified atom stereocenters. The quantitative estimate of drug-likeness (QED) is 0.825. The molecule has 0 spiro atoms. The van der Waals surface area contributed by atoms with Crippen molar-refractivity contribution in [3.63, 3.8) is 0 Å². The largest absolute Gasteiger partial charge is 0.465 e. The minimum atomic E-state index is 0.334. The van der Waals surface area contributed by atoms with Gasteiger partial charge < -0.3 is 9.73 Å². The third kappa shape index (κ3) is 4.95. The van der Waals surface area contributed by atoms with Gasteiger partial charge >= 0.3 is 0 Å². The molecule has 0 saturated carbocycles. The maximum atomic E-state index is 5.71. The third-order valence-corrected chi connectivity index (χ3v) is 3.05. The molecule has 17 heavy (non-hydrogen) atoms. The number of rotatable bonds is 5. The lowest BCUT2D eigenvalue weighted by Gasteiger charge is -2.25. The Labute approximate surface area is 106 Å². The van der Waals surface area contributed by atoms with Crippen LogP contribution >= 0.6 is 0 Å². The van der Waals surface area contributed by atoms with Gasteiger partial charge in [0.2, 0.25) is 0 Å². The molecule has 0 fully saturated rings. The first-order valence-electron chi connectivity index (χ1n) is 6.55. The van der Waals surface area contributed by atoms with Gasteiger partial charge in [-0.2, -0.15) is 0 Å². The Kier molecular flexibility index (Phi) is 4.81. The predicted octanol–water partition coefficient (Wildman–Crippen LogP) is 4.31. The highest BCUT2D eigenvalue weighted by Crippen LogP contribution is 2.30. The summed E-state index contributed by atoms with van der Waals surface area (Å²) in [4.78, 5) is 0. The monoisotopic (exact) mass is 237 g/mol. The van der Waals surface area contributed by atoms with Gasteiger partial charge in [-0.05, 0) is 50.3 Å². The first kappa shape index (κ1) is 14.3. The molecule has 2 heteroatoms. The van der Waals surface area contributed by atoms with E-state index in [0.29, 0.717) is 17.4 Å². The number of hydrogen-bond donors (Lipinski definition) is 1. The molecule has 1 heterocycles. The van der Waals surface area contributed by atoms with Crippen LogP contribution in [0.1, 0.15) is 58.1 Å². The van der Waals surface area contributed by atoms with Crippen molar-refractivity contribution in [3.8, 4) is 0 Å². The summed E-state index contributed by atoms with van der Waals surface area (Å²) < 4.78 is 5.71. The second-order valence-electron chi connectivity index (χ2n) is 6.40. The van der Waals surface area contributed by atoms with Crippen molar-refractivity contribution >= 4 is 0 Å². The highest BCUT2D eigenvalue weighted by molar-refractivity contribution is 5.09. The van der Waals surface area contributed by atoms with E-state index < -0.39 is 0 Å². The third-order valence-electron chi connectivity index (χ3n) is 3.05. The van der Waals surface area contributed by atoms with E-state index in [2.05, 4.69) is 39.1 Å². The lowest BCUT2D eigenvalue weighted by Crippen LogP contribution is -2.21. The second kappa shape index (κ2) is 5.72. The number of hydrogen-bond acceptors (Lipinski definition) is 2. The molecule has 0 bridgehead atoms. The molecule has 98 valence electrons. The number of furan rings is 1. The maximum Gasteiger partial charge on any atom is 0.121 e. The van der Waals surface area contributed by atoms with E-state index in [4.69, 9.17) is 4.42 Å². The fourth-order valence-corrected chi connectivity index (χ4v) is 2.55. The molecule has 1 aromatic rings.